The van der Waals surface area contributed by atoms with Crippen molar-refractivity contribution < 1.29 is 9.21 Å². The van der Waals surface area contributed by atoms with Crippen LogP contribution in [-0.2, 0) is 0 Å². The second-order valence-electron chi connectivity index (χ2n) is 4.11. The van der Waals surface area contributed by atoms with Gasteiger partial charge in [-0.1, -0.05) is 6.07 Å². The van der Waals surface area contributed by atoms with Crippen molar-refractivity contribution in [2.45, 2.75) is 0 Å². The molecule has 2 aromatic rings. The van der Waals surface area contributed by atoms with Crippen molar-refractivity contribution in [1.29, 1.82) is 0 Å². The van der Waals surface area contributed by atoms with Gasteiger partial charge in [0.1, 0.15) is 5.69 Å². The number of carbonyl (C=O) groups excluding carboxylic acids is 1. The molecule has 104 valence electrons. The molecule has 0 aliphatic rings. The number of nitrogens with zero attached hydrogens (tertiary/aromatic N) is 3. The molecule has 0 aliphatic carbocycles. The molecule has 0 atom stereocenters. The highest BCUT2D eigenvalue weighted by Gasteiger charge is 2.09. The number of carbonyl (C=O) groups is 1. The topological polar surface area (TPSA) is 70.7 Å². The van der Waals surface area contributed by atoms with E-state index in [2.05, 4.69) is 31.4 Å². The van der Waals surface area contributed by atoms with Gasteiger partial charge in [-0.15, -0.1) is 0 Å². The van der Waals surface area contributed by atoms with E-state index in [1.54, 1.807) is 30.5 Å². The number of rotatable bonds is 4. The monoisotopic (exact) mass is 336 g/mol. The second-order valence-corrected chi connectivity index (χ2v) is 4.96. The molecule has 2 heterocycles. The van der Waals surface area contributed by atoms with Crippen molar-refractivity contribution in [3.05, 3.63) is 46.4 Å². The van der Waals surface area contributed by atoms with E-state index in [-0.39, 0.29) is 5.91 Å². The largest absolute Gasteiger partial charge is 0.438 e. The lowest BCUT2D eigenvalue weighted by Crippen LogP contribution is -2.18. The zero-order chi connectivity index (χ0) is 14.5. The van der Waals surface area contributed by atoms with E-state index in [0.29, 0.717) is 17.3 Å². The van der Waals surface area contributed by atoms with Gasteiger partial charge in [0.05, 0.1) is 10.7 Å². The third-order valence-electron chi connectivity index (χ3n) is 2.35. The predicted molar refractivity (Wildman–Crippen MR) is 80.0 cm³/mol. The van der Waals surface area contributed by atoms with Crippen LogP contribution in [0.15, 0.2) is 44.5 Å². The Morgan fingerprint density at radius 2 is 2.30 bits per heavy atom. The van der Waals surface area contributed by atoms with Crippen molar-refractivity contribution >= 4 is 33.9 Å². The number of nitrogens with one attached hydrogen (secondary N) is 1. The van der Waals surface area contributed by atoms with Crippen LogP contribution in [0.1, 0.15) is 16.2 Å². The van der Waals surface area contributed by atoms with Crippen LogP contribution in [0.4, 0.5) is 5.88 Å². The van der Waals surface area contributed by atoms with E-state index in [0.717, 1.165) is 4.47 Å². The Morgan fingerprint density at radius 3 is 2.90 bits per heavy atom. The van der Waals surface area contributed by atoms with Gasteiger partial charge in [-0.3, -0.25) is 9.78 Å². The second kappa shape index (κ2) is 6.33. The third-order valence-corrected chi connectivity index (χ3v) is 2.92. The summed E-state index contributed by atoms with van der Waals surface area (Å²) in [7, 11) is 3.74. The van der Waals surface area contributed by atoms with E-state index in [1.807, 2.05) is 19.0 Å². The first-order valence-corrected chi connectivity index (χ1v) is 6.58. The Hall–Kier alpha value is -2.15. The fourth-order valence-corrected chi connectivity index (χ4v) is 2.12. The minimum absolute atomic E-state index is 0.305. The van der Waals surface area contributed by atoms with Crippen LogP contribution in [-0.4, -0.2) is 31.2 Å². The van der Waals surface area contributed by atoms with Gasteiger partial charge in [-0.05, 0) is 28.1 Å². The van der Waals surface area contributed by atoms with Crippen molar-refractivity contribution in [2.75, 3.05) is 19.0 Å². The lowest BCUT2D eigenvalue weighted by molar-refractivity contribution is 0.0950. The fourth-order valence-electron chi connectivity index (χ4n) is 1.45. The number of pyridine rings is 1. The van der Waals surface area contributed by atoms with Crippen LogP contribution >= 0.6 is 15.9 Å². The van der Waals surface area contributed by atoms with Gasteiger partial charge in [-0.25, -0.2) is 5.43 Å². The van der Waals surface area contributed by atoms with Gasteiger partial charge in [0.25, 0.3) is 5.91 Å². The van der Waals surface area contributed by atoms with E-state index >= 15 is 0 Å². The van der Waals surface area contributed by atoms with Crippen LogP contribution < -0.4 is 10.3 Å². The predicted octanol–water partition coefficient (Wildman–Crippen LogP) is 2.27. The highest BCUT2D eigenvalue weighted by Crippen LogP contribution is 2.27. The molecule has 0 aromatic carbocycles. The molecule has 0 saturated carbocycles. The number of hydrazone groups is 1. The summed E-state index contributed by atoms with van der Waals surface area (Å²) in [4.78, 5) is 17.4. The summed E-state index contributed by atoms with van der Waals surface area (Å²) < 4.78 is 6.35. The Labute approximate surface area is 124 Å². The average molecular weight is 337 g/mol. The van der Waals surface area contributed by atoms with Gasteiger partial charge in [-0.2, -0.15) is 5.10 Å². The summed E-state index contributed by atoms with van der Waals surface area (Å²) in [6.45, 7) is 0. The number of hydrogen-bond acceptors (Lipinski definition) is 5. The number of anilines is 1. The molecule has 0 aliphatic heterocycles. The molecule has 0 unspecified atom stereocenters. The molecule has 20 heavy (non-hydrogen) atoms. The Kier molecular flexibility index (Phi) is 4.52. The summed E-state index contributed by atoms with van der Waals surface area (Å²) in [5.41, 5.74) is 2.69. The fraction of sp³-hybridized carbons (Fsp3) is 0.154. The molecule has 2 aromatic heterocycles. The molecule has 1 N–H and O–H groups in total. The van der Waals surface area contributed by atoms with E-state index in [9.17, 15) is 4.79 Å². The number of furan rings is 1. The summed E-state index contributed by atoms with van der Waals surface area (Å²) in [6.07, 6.45) is 2.98. The summed E-state index contributed by atoms with van der Waals surface area (Å²) in [5.74, 6) is 0.838. The Morgan fingerprint density at radius 1 is 1.50 bits per heavy atom. The molecule has 7 heteroatoms. The number of halogens is 1. The van der Waals surface area contributed by atoms with Crippen LogP contribution in [0.3, 0.4) is 0 Å². The van der Waals surface area contributed by atoms with Crippen LogP contribution in [0.25, 0.3) is 0 Å². The molecule has 2 rings (SSSR count). The van der Waals surface area contributed by atoms with Gasteiger partial charge < -0.3 is 9.32 Å². The average Bonchev–Trinajstić information content (AvgIpc) is 2.81. The Bertz CT molecular complexity index is 623. The maximum Gasteiger partial charge on any atom is 0.289 e. The van der Waals surface area contributed by atoms with Crippen molar-refractivity contribution in [3.8, 4) is 0 Å². The molecule has 1 amide bonds. The quantitative estimate of drug-likeness (QED) is 0.686. The molecule has 0 bridgehead atoms. The van der Waals surface area contributed by atoms with Crippen molar-refractivity contribution in [1.82, 2.24) is 10.4 Å². The van der Waals surface area contributed by atoms with Crippen LogP contribution in [0.2, 0.25) is 0 Å². The SMILES string of the molecule is CN(C)c1oc(/C=N\NC(=O)c2ccccn2)cc1Br. The maximum atomic E-state index is 11.7. The minimum atomic E-state index is -0.375. The van der Waals surface area contributed by atoms with E-state index < -0.39 is 0 Å². The van der Waals surface area contributed by atoms with Gasteiger partial charge in [0.15, 0.2) is 5.76 Å². The van der Waals surface area contributed by atoms with Gasteiger partial charge in [0, 0.05) is 26.4 Å². The molecule has 0 spiro atoms. The zero-order valence-corrected chi connectivity index (χ0v) is 12.6. The molecule has 0 radical (unpaired) electrons. The molecule has 6 nitrogen and oxygen atoms in total. The molecular weight excluding hydrogens is 324 g/mol. The first-order valence-electron chi connectivity index (χ1n) is 5.79. The molecule has 0 fully saturated rings. The lowest BCUT2D eigenvalue weighted by Gasteiger charge is -2.07. The number of hydrogen-bond donors (Lipinski definition) is 1. The lowest BCUT2D eigenvalue weighted by atomic mass is 10.3. The first kappa shape index (κ1) is 14.3. The smallest absolute Gasteiger partial charge is 0.289 e. The normalized spacial score (nSPS) is 10.8. The third kappa shape index (κ3) is 3.45. The summed E-state index contributed by atoms with van der Waals surface area (Å²) in [6, 6.07) is 6.85. The first-order chi connectivity index (χ1) is 9.58. The number of aromatic nitrogens is 1. The Balaban J connectivity index is 2.00. The van der Waals surface area contributed by atoms with Crippen molar-refractivity contribution in [3.63, 3.8) is 0 Å². The zero-order valence-electron chi connectivity index (χ0n) is 11.0. The van der Waals surface area contributed by atoms with Gasteiger partial charge >= 0.3 is 0 Å². The number of amides is 1. The standard InChI is InChI=1S/C13H13BrN4O2/c1-18(2)13-10(14)7-9(20-13)8-16-17-12(19)11-5-3-4-6-15-11/h3-8H,1-2H3,(H,17,19)/b16-8-. The van der Waals surface area contributed by atoms with Crippen LogP contribution in [0, 0.1) is 0 Å². The highest BCUT2D eigenvalue weighted by atomic mass is 79.9. The summed E-state index contributed by atoms with van der Waals surface area (Å²) >= 11 is 3.38. The minimum Gasteiger partial charge on any atom is -0.438 e. The van der Waals surface area contributed by atoms with E-state index in [1.165, 1.54) is 6.21 Å². The van der Waals surface area contributed by atoms with Crippen LogP contribution in [0.5, 0.6) is 0 Å². The maximum absolute atomic E-state index is 11.7. The van der Waals surface area contributed by atoms with Gasteiger partial charge in [0.2, 0.25) is 5.88 Å². The molecule has 0 saturated heterocycles. The van der Waals surface area contributed by atoms with E-state index in [4.69, 9.17) is 4.42 Å². The highest BCUT2D eigenvalue weighted by molar-refractivity contribution is 9.10. The summed E-state index contributed by atoms with van der Waals surface area (Å²) in [5, 5.41) is 3.83. The van der Waals surface area contributed by atoms with Crippen molar-refractivity contribution in [2.24, 2.45) is 5.10 Å². The molecular formula is C13H13BrN4O2.